The smallest absolute Gasteiger partial charge is 0.0125 e. The van der Waals surface area contributed by atoms with Crippen LogP contribution in [0.15, 0.2) is 24.0 Å². The van der Waals surface area contributed by atoms with Crippen LogP contribution in [0.3, 0.4) is 0 Å². The summed E-state index contributed by atoms with van der Waals surface area (Å²) in [5, 5.41) is 0.252. The van der Waals surface area contributed by atoms with Crippen LogP contribution in [0, 0.1) is 0 Å². The van der Waals surface area contributed by atoms with Crippen LogP contribution in [0.25, 0.3) is 0 Å². The van der Waals surface area contributed by atoms with Gasteiger partial charge in [0, 0.05) is 0 Å². The van der Waals surface area contributed by atoms with Crippen molar-refractivity contribution in [2.75, 3.05) is 0 Å². The van der Waals surface area contributed by atoms with Gasteiger partial charge in [0.05, 0.1) is 0 Å². The molecular formula is C4H6ClO4SiZr. The number of hydrogen-bond donors (Lipinski definition) is 0. The van der Waals surface area contributed by atoms with Crippen LogP contribution in [-0.4, -0.2) is 11.0 Å². The minimum atomic E-state index is -2.27. The fraction of sp³-hybridized carbons (Fsp3) is 0. The molecule has 0 atom stereocenters. The van der Waals surface area contributed by atoms with Crippen molar-refractivity contribution in [2.24, 2.45) is 0 Å². The van der Waals surface area contributed by atoms with Gasteiger partial charge in [-0.05, 0) is 22.6 Å². The van der Waals surface area contributed by atoms with E-state index < -0.39 is 23.2 Å². The molecule has 61 valence electrons. The molecule has 1 aliphatic rings. The Bertz CT molecular complexity index is 187. The van der Waals surface area contributed by atoms with Gasteiger partial charge in [-0.2, -0.15) is 0 Å². The average molecular weight is 273 g/mol. The Morgan fingerprint density at radius 3 is 2.09 bits per heavy atom. The fourth-order valence-electron chi connectivity index (χ4n) is 0.245. The molecule has 0 N–H and O–H groups in total. The summed E-state index contributed by atoms with van der Waals surface area (Å²) in [4.78, 5) is 0. The minimum Gasteiger partial charge on any atom is -0.0125 e. The van der Waals surface area contributed by atoms with Crippen molar-refractivity contribution in [3.63, 3.8) is 0 Å². The van der Waals surface area contributed by atoms with Crippen LogP contribution in [-0.2, 0) is 38.3 Å². The maximum absolute atomic E-state index is 8.54. The maximum atomic E-state index is 8.54. The van der Waals surface area contributed by atoms with Crippen LogP contribution in [0.1, 0.15) is 0 Å². The molecule has 0 fully saturated rings. The predicted molar refractivity (Wildman–Crippen MR) is 36.6 cm³/mol. The molecule has 0 aliphatic carbocycles. The quantitative estimate of drug-likeness (QED) is 0.588. The summed E-state index contributed by atoms with van der Waals surface area (Å²) in [5.41, 5.74) is 0. The molecule has 0 aromatic carbocycles. The Labute approximate surface area is 84.7 Å². The van der Waals surface area contributed by atoms with Crippen LogP contribution in [0.2, 0.25) is 0 Å². The normalized spacial score (nSPS) is 11.5. The summed E-state index contributed by atoms with van der Waals surface area (Å²) in [7, 11) is 0. The molecule has 0 amide bonds. The second-order valence-electron chi connectivity index (χ2n) is 1.03. The molecule has 4 nitrogen and oxygen atoms in total. The van der Waals surface area contributed by atoms with E-state index in [-0.39, 0.29) is 16.2 Å². The van der Waals surface area contributed by atoms with E-state index in [0.717, 1.165) is 0 Å². The Kier molecular flexibility index (Phi) is 12.5. The molecule has 1 rings (SSSR count). The van der Waals surface area contributed by atoms with Crippen molar-refractivity contribution in [3.8, 4) is 0 Å². The first-order chi connectivity index (χ1) is 4.81. The number of rotatable bonds is 0. The molecule has 0 aromatic heterocycles. The molecule has 0 spiro atoms. The standard InChI is InChI=1S/C4H3ClO2.2O.H3Si.Zr/c5-4-3-6-1-2-7-4;;;;/h1-3H;;;1H3;. The topological polar surface area (TPSA) is 52.6 Å². The molecule has 0 saturated heterocycles. The summed E-state index contributed by atoms with van der Waals surface area (Å²) in [5.74, 6) is 0. The van der Waals surface area contributed by atoms with E-state index in [9.17, 15) is 0 Å². The number of ether oxygens (including phenoxy) is 2. The van der Waals surface area contributed by atoms with Gasteiger partial charge in [-0.3, -0.25) is 0 Å². The fourth-order valence-corrected chi connectivity index (χ4v) is 0.348. The maximum Gasteiger partial charge on any atom is -0.0125 e. The second-order valence-corrected chi connectivity index (χ2v) is 1.81. The van der Waals surface area contributed by atoms with E-state index in [4.69, 9.17) is 17.2 Å². The SMILES string of the molecule is ClC1=COC=CO1.[O]=[Zr]=[O].[SiH3]. The molecule has 11 heavy (non-hydrogen) atoms. The first kappa shape index (κ1) is 13.6. The van der Waals surface area contributed by atoms with Crippen molar-refractivity contribution in [2.45, 2.75) is 0 Å². The van der Waals surface area contributed by atoms with Gasteiger partial charge in [0.25, 0.3) is 0 Å². The Morgan fingerprint density at radius 2 is 1.91 bits per heavy atom. The first-order valence-corrected chi connectivity index (χ1v) is 4.52. The molecule has 1 radical (unpaired) electrons. The Hall–Kier alpha value is 0.0700. The zero-order chi connectivity index (χ0) is 7.82. The summed E-state index contributed by atoms with van der Waals surface area (Å²) >= 11 is 3.01. The van der Waals surface area contributed by atoms with Crippen LogP contribution >= 0.6 is 11.6 Å². The largest absolute Gasteiger partial charge is 0.0125 e. The van der Waals surface area contributed by atoms with Crippen molar-refractivity contribution in [1.82, 2.24) is 0 Å². The third-order valence-electron chi connectivity index (χ3n) is 0.475. The van der Waals surface area contributed by atoms with Gasteiger partial charge in [0.1, 0.15) is 18.8 Å². The molecule has 0 bridgehead atoms. The first-order valence-electron chi connectivity index (χ1n) is 2.13. The summed E-state index contributed by atoms with van der Waals surface area (Å²) in [6, 6.07) is 0. The van der Waals surface area contributed by atoms with Gasteiger partial charge >= 0.3 is 28.9 Å². The van der Waals surface area contributed by atoms with Gasteiger partial charge in [-0.15, -0.1) is 0 Å². The molecule has 0 saturated carbocycles. The van der Waals surface area contributed by atoms with E-state index in [2.05, 4.69) is 9.47 Å². The summed E-state index contributed by atoms with van der Waals surface area (Å²) < 4.78 is 26.3. The van der Waals surface area contributed by atoms with Gasteiger partial charge in [0.2, 0.25) is 5.22 Å². The van der Waals surface area contributed by atoms with Crippen LogP contribution in [0.5, 0.6) is 0 Å². The molecule has 7 heteroatoms. The molecule has 1 heterocycles. The van der Waals surface area contributed by atoms with Crippen LogP contribution < -0.4 is 0 Å². The zero-order valence-electron chi connectivity index (χ0n) is 5.74. The van der Waals surface area contributed by atoms with Crippen LogP contribution in [0.4, 0.5) is 0 Å². The van der Waals surface area contributed by atoms with Crippen molar-refractivity contribution >= 4 is 22.6 Å². The van der Waals surface area contributed by atoms with Gasteiger partial charge in [0.15, 0.2) is 0 Å². The monoisotopic (exact) mass is 271 g/mol. The Balaban J connectivity index is 0. The van der Waals surface area contributed by atoms with E-state index in [1.54, 1.807) is 0 Å². The predicted octanol–water partition coefficient (Wildman–Crippen LogP) is 0.118. The zero-order valence-corrected chi connectivity index (χ0v) is 11.0. The average Bonchev–Trinajstić information content (AvgIpc) is 1.91. The number of halogens is 1. The van der Waals surface area contributed by atoms with E-state index in [1.165, 1.54) is 18.8 Å². The molecular weight excluding hydrogens is 267 g/mol. The minimum absolute atomic E-state index is 0. The Morgan fingerprint density at radius 1 is 1.36 bits per heavy atom. The third-order valence-corrected chi connectivity index (χ3v) is 0.654. The van der Waals surface area contributed by atoms with Gasteiger partial charge < -0.3 is 9.47 Å². The second kappa shape index (κ2) is 10.1. The van der Waals surface area contributed by atoms with Crippen molar-refractivity contribution in [1.29, 1.82) is 0 Å². The van der Waals surface area contributed by atoms with Gasteiger partial charge in [-0.25, -0.2) is 0 Å². The number of hydrogen-bond acceptors (Lipinski definition) is 4. The van der Waals surface area contributed by atoms with E-state index in [0.29, 0.717) is 0 Å². The molecule has 1 aliphatic heterocycles. The van der Waals surface area contributed by atoms with E-state index >= 15 is 0 Å². The molecule has 0 unspecified atom stereocenters. The van der Waals surface area contributed by atoms with Crippen molar-refractivity contribution in [3.05, 3.63) is 24.0 Å². The van der Waals surface area contributed by atoms with E-state index in [1.807, 2.05) is 0 Å². The summed E-state index contributed by atoms with van der Waals surface area (Å²) in [6.07, 6.45) is 4.07. The summed E-state index contributed by atoms with van der Waals surface area (Å²) in [6.45, 7) is 0. The van der Waals surface area contributed by atoms with Crippen molar-refractivity contribution < 1.29 is 38.3 Å². The third kappa shape index (κ3) is 10.1. The van der Waals surface area contributed by atoms with Gasteiger partial charge in [-0.1, -0.05) is 0 Å². The molecule has 0 aromatic rings.